The first kappa shape index (κ1) is 19.9. The third-order valence-electron chi connectivity index (χ3n) is 4.90. The van der Waals surface area contributed by atoms with Crippen molar-refractivity contribution in [2.75, 3.05) is 17.7 Å². The van der Waals surface area contributed by atoms with Gasteiger partial charge in [-0.3, -0.25) is 9.59 Å². The number of hydrogen-bond donors (Lipinski definition) is 2. The van der Waals surface area contributed by atoms with Crippen LogP contribution >= 0.6 is 0 Å². The normalized spacial score (nSPS) is 14.5. The summed E-state index contributed by atoms with van der Waals surface area (Å²) in [5.41, 5.74) is 0.688. The lowest BCUT2D eigenvalue weighted by molar-refractivity contribution is -0.118. The predicted molar refractivity (Wildman–Crippen MR) is 107 cm³/mol. The molecule has 0 bridgehead atoms. The van der Waals surface area contributed by atoms with E-state index in [1.807, 2.05) is 13.8 Å². The molecule has 3 rings (SSSR count). The average Bonchev–Trinajstić information content (AvgIpc) is 3.44. The third-order valence-corrected chi connectivity index (χ3v) is 4.90. The monoisotopic (exact) mass is 384 g/mol. The second-order valence-corrected chi connectivity index (χ2v) is 7.58. The molecule has 1 saturated carbocycles. The third kappa shape index (κ3) is 4.16. The van der Waals surface area contributed by atoms with Crippen LogP contribution in [0.4, 0.5) is 15.8 Å². The Morgan fingerprint density at radius 3 is 2.46 bits per heavy atom. The highest BCUT2D eigenvalue weighted by molar-refractivity contribution is 6.02. The summed E-state index contributed by atoms with van der Waals surface area (Å²) in [6.07, 6.45) is 1.63. The highest BCUT2D eigenvalue weighted by Gasteiger charge is 2.52. The van der Waals surface area contributed by atoms with E-state index >= 15 is 0 Å². The van der Waals surface area contributed by atoms with E-state index in [1.165, 1.54) is 13.2 Å². The highest BCUT2D eigenvalue weighted by atomic mass is 19.1. The van der Waals surface area contributed by atoms with Gasteiger partial charge in [0.2, 0.25) is 11.8 Å². The van der Waals surface area contributed by atoms with Gasteiger partial charge in [0.25, 0.3) is 0 Å². The first-order chi connectivity index (χ1) is 13.4. The fourth-order valence-corrected chi connectivity index (χ4v) is 3.29. The van der Waals surface area contributed by atoms with Crippen molar-refractivity contribution in [1.29, 1.82) is 0 Å². The molecule has 0 heterocycles. The van der Waals surface area contributed by atoms with Crippen LogP contribution in [0.2, 0.25) is 0 Å². The molecule has 0 radical (unpaired) electrons. The number of benzene rings is 2. The number of halogens is 1. The van der Waals surface area contributed by atoms with E-state index in [4.69, 9.17) is 4.74 Å². The molecule has 28 heavy (non-hydrogen) atoms. The summed E-state index contributed by atoms with van der Waals surface area (Å²) >= 11 is 0. The maximum atomic E-state index is 14.2. The van der Waals surface area contributed by atoms with E-state index in [0.29, 0.717) is 42.0 Å². The molecule has 0 saturated heterocycles. The Morgan fingerprint density at radius 2 is 1.86 bits per heavy atom. The summed E-state index contributed by atoms with van der Waals surface area (Å²) in [6, 6.07) is 11.4. The van der Waals surface area contributed by atoms with Gasteiger partial charge in [0.05, 0.1) is 18.2 Å². The zero-order chi connectivity index (χ0) is 20.3. The van der Waals surface area contributed by atoms with E-state index < -0.39 is 5.41 Å². The Morgan fingerprint density at radius 1 is 1.14 bits per heavy atom. The number of amides is 2. The minimum atomic E-state index is -0.817. The number of anilines is 2. The molecule has 6 heteroatoms. The predicted octanol–water partition coefficient (Wildman–Crippen LogP) is 4.49. The molecule has 2 amide bonds. The molecule has 0 aromatic heterocycles. The van der Waals surface area contributed by atoms with Crippen LogP contribution < -0.4 is 15.4 Å². The molecule has 0 aliphatic heterocycles. The molecular formula is C22H25FN2O3. The van der Waals surface area contributed by atoms with Gasteiger partial charge in [-0.25, -0.2) is 4.39 Å². The molecule has 2 aromatic carbocycles. The average molecular weight is 384 g/mol. The fraction of sp³-hybridized carbons (Fsp3) is 0.364. The maximum absolute atomic E-state index is 14.2. The molecule has 0 unspecified atom stereocenters. The van der Waals surface area contributed by atoms with Crippen molar-refractivity contribution in [1.82, 2.24) is 0 Å². The lowest BCUT2D eigenvalue weighted by Gasteiger charge is -2.18. The number of carbonyl (C=O) groups is 2. The molecule has 5 nitrogen and oxygen atoms in total. The molecule has 2 aromatic rings. The molecule has 148 valence electrons. The zero-order valence-electron chi connectivity index (χ0n) is 16.3. The second kappa shape index (κ2) is 8.00. The minimum Gasteiger partial charge on any atom is -0.494 e. The smallest absolute Gasteiger partial charge is 0.235 e. The van der Waals surface area contributed by atoms with Crippen molar-refractivity contribution in [3.05, 3.63) is 53.8 Å². The van der Waals surface area contributed by atoms with Gasteiger partial charge in [0, 0.05) is 23.7 Å². The van der Waals surface area contributed by atoms with Crippen LogP contribution in [0.15, 0.2) is 42.5 Å². The first-order valence-corrected chi connectivity index (χ1v) is 9.40. The Kier molecular flexibility index (Phi) is 5.68. The quantitative estimate of drug-likeness (QED) is 0.739. The van der Waals surface area contributed by atoms with Crippen molar-refractivity contribution >= 4 is 23.2 Å². The van der Waals surface area contributed by atoms with Crippen molar-refractivity contribution in [2.45, 2.75) is 38.5 Å². The summed E-state index contributed by atoms with van der Waals surface area (Å²) in [4.78, 5) is 24.9. The van der Waals surface area contributed by atoms with Crippen LogP contribution in [-0.2, 0) is 15.0 Å². The molecule has 0 atom stereocenters. The van der Waals surface area contributed by atoms with Gasteiger partial charge < -0.3 is 15.4 Å². The number of carbonyl (C=O) groups excluding carboxylic acids is 2. The number of nitrogens with one attached hydrogen (secondary N) is 2. The summed E-state index contributed by atoms with van der Waals surface area (Å²) in [5, 5.41) is 5.68. The first-order valence-electron chi connectivity index (χ1n) is 9.40. The summed E-state index contributed by atoms with van der Waals surface area (Å²) < 4.78 is 19.5. The molecule has 0 spiro atoms. The van der Waals surface area contributed by atoms with Gasteiger partial charge >= 0.3 is 0 Å². The Bertz CT molecular complexity index is 891. The highest BCUT2D eigenvalue weighted by Crippen LogP contribution is 2.50. The largest absolute Gasteiger partial charge is 0.494 e. The number of hydrogen-bond acceptors (Lipinski definition) is 3. The lowest BCUT2D eigenvalue weighted by atomic mass is 9.94. The van der Waals surface area contributed by atoms with Gasteiger partial charge in [0.15, 0.2) is 0 Å². The summed E-state index contributed by atoms with van der Waals surface area (Å²) in [5.74, 6) is -0.00271. The van der Waals surface area contributed by atoms with Gasteiger partial charge in [-0.1, -0.05) is 32.0 Å². The van der Waals surface area contributed by atoms with E-state index in [2.05, 4.69) is 10.6 Å². The molecule has 1 fully saturated rings. The van der Waals surface area contributed by atoms with Crippen molar-refractivity contribution in [3.63, 3.8) is 0 Å². The van der Waals surface area contributed by atoms with E-state index in [0.717, 1.165) is 0 Å². The fourth-order valence-electron chi connectivity index (χ4n) is 3.29. The van der Waals surface area contributed by atoms with E-state index in [-0.39, 0.29) is 23.5 Å². The lowest BCUT2D eigenvalue weighted by Crippen LogP contribution is -2.28. The van der Waals surface area contributed by atoms with Crippen molar-refractivity contribution in [2.24, 2.45) is 5.92 Å². The Balaban J connectivity index is 1.75. The van der Waals surface area contributed by atoms with Gasteiger partial charge in [-0.15, -0.1) is 0 Å². The zero-order valence-corrected chi connectivity index (χ0v) is 16.3. The Hall–Kier alpha value is -2.89. The standard InChI is InChI=1S/C22H25FN2O3/c1-14(2)12-20(26)25-18-9-8-15(13-19(18)28-3)24-21(27)22(10-11-22)16-6-4-5-7-17(16)23/h4-9,13-14H,10-12H2,1-3H3,(H,24,27)(H,25,26). The number of rotatable bonds is 7. The van der Waals surface area contributed by atoms with Gasteiger partial charge in [0.1, 0.15) is 11.6 Å². The SMILES string of the molecule is COc1cc(NC(=O)C2(c3ccccc3F)CC2)ccc1NC(=O)CC(C)C. The van der Waals surface area contributed by atoms with Crippen LogP contribution in [0.5, 0.6) is 5.75 Å². The number of ether oxygens (including phenoxy) is 1. The summed E-state index contributed by atoms with van der Waals surface area (Å²) in [7, 11) is 1.50. The summed E-state index contributed by atoms with van der Waals surface area (Å²) in [6.45, 7) is 3.94. The van der Waals surface area contributed by atoms with Crippen molar-refractivity contribution < 1.29 is 18.7 Å². The van der Waals surface area contributed by atoms with Gasteiger partial charge in [-0.2, -0.15) is 0 Å². The molecular weight excluding hydrogens is 359 g/mol. The topological polar surface area (TPSA) is 67.4 Å². The molecule has 1 aliphatic rings. The van der Waals surface area contributed by atoms with E-state index in [9.17, 15) is 14.0 Å². The van der Waals surface area contributed by atoms with Crippen molar-refractivity contribution in [3.8, 4) is 5.75 Å². The van der Waals surface area contributed by atoms with Crippen LogP contribution in [0.3, 0.4) is 0 Å². The van der Waals surface area contributed by atoms with Gasteiger partial charge in [-0.05, 0) is 37.0 Å². The maximum Gasteiger partial charge on any atom is 0.235 e. The molecule has 2 N–H and O–H groups in total. The second-order valence-electron chi connectivity index (χ2n) is 7.58. The van der Waals surface area contributed by atoms with Crippen LogP contribution in [0.1, 0.15) is 38.7 Å². The minimum absolute atomic E-state index is 0.0958. The van der Waals surface area contributed by atoms with Crippen LogP contribution in [-0.4, -0.2) is 18.9 Å². The Labute approximate surface area is 164 Å². The number of methoxy groups -OCH3 is 1. The van der Waals surface area contributed by atoms with E-state index in [1.54, 1.807) is 36.4 Å². The van der Waals surface area contributed by atoms with Crippen LogP contribution in [0, 0.1) is 11.7 Å². The molecule has 1 aliphatic carbocycles. The van der Waals surface area contributed by atoms with Crippen LogP contribution in [0.25, 0.3) is 0 Å².